The van der Waals surface area contributed by atoms with Crippen molar-refractivity contribution in [1.29, 1.82) is 0 Å². The van der Waals surface area contributed by atoms with Gasteiger partial charge in [-0.1, -0.05) is 0 Å². The fourth-order valence-corrected chi connectivity index (χ4v) is 5.62. The van der Waals surface area contributed by atoms with Gasteiger partial charge in [-0.3, -0.25) is 9.59 Å². The third kappa shape index (κ3) is 5.46. The molecule has 0 bridgehead atoms. The van der Waals surface area contributed by atoms with Gasteiger partial charge in [0.05, 0.1) is 28.2 Å². The van der Waals surface area contributed by atoms with Crippen molar-refractivity contribution < 1.29 is 19.1 Å². The van der Waals surface area contributed by atoms with Crippen LogP contribution in [0.4, 0.5) is 10.5 Å². The lowest BCUT2D eigenvalue weighted by Crippen LogP contribution is -2.53. The Morgan fingerprint density at radius 3 is 2.56 bits per heavy atom. The molecule has 3 amide bonds. The second kappa shape index (κ2) is 9.57. The van der Waals surface area contributed by atoms with E-state index in [-0.39, 0.29) is 23.6 Å². The van der Waals surface area contributed by atoms with E-state index in [2.05, 4.69) is 19.2 Å². The van der Waals surface area contributed by atoms with Crippen molar-refractivity contribution >= 4 is 23.6 Å². The van der Waals surface area contributed by atoms with Crippen molar-refractivity contribution in [3.8, 4) is 5.69 Å². The Bertz CT molecular complexity index is 1320. The van der Waals surface area contributed by atoms with Gasteiger partial charge in [0.1, 0.15) is 5.60 Å². The Balaban J connectivity index is 1.42. The fraction of sp³-hybridized carbons (Fsp3) is 0.586. The maximum atomic E-state index is 13.6. The average Bonchev–Trinajstić information content (AvgIpc) is 3.43. The van der Waals surface area contributed by atoms with Crippen molar-refractivity contribution in [3.05, 3.63) is 40.7 Å². The third-order valence-electron chi connectivity index (χ3n) is 7.80. The molecule has 1 saturated carbocycles. The van der Waals surface area contributed by atoms with Gasteiger partial charge >= 0.3 is 6.09 Å². The zero-order chi connectivity index (χ0) is 28.3. The Hall–Kier alpha value is -3.56. The minimum absolute atomic E-state index is 0.0391. The maximum Gasteiger partial charge on any atom is 0.410 e. The largest absolute Gasteiger partial charge is 0.444 e. The van der Waals surface area contributed by atoms with E-state index in [1.807, 2.05) is 49.4 Å². The molecule has 10 nitrogen and oxygen atoms in total. The highest BCUT2D eigenvalue weighted by Gasteiger charge is 2.43. The quantitative estimate of drug-likeness (QED) is 0.578. The van der Waals surface area contributed by atoms with E-state index in [9.17, 15) is 14.4 Å². The number of nitrogens with two attached hydrogens (primary N) is 1. The Morgan fingerprint density at radius 2 is 1.92 bits per heavy atom. The van der Waals surface area contributed by atoms with Crippen molar-refractivity contribution in [2.75, 3.05) is 25.0 Å². The number of ether oxygens (including phenoxy) is 1. The number of anilines is 1. The molecule has 39 heavy (non-hydrogen) atoms. The molecule has 0 spiro atoms. The highest BCUT2D eigenvalue weighted by molar-refractivity contribution is 6.00. The van der Waals surface area contributed by atoms with Crippen LogP contribution in [0.2, 0.25) is 0 Å². The number of amides is 3. The molecule has 3 aliphatic rings. The lowest BCUT2D eigenvalue weighted by molar-refractivity contribution is 0.0293. The number of fused-ring (bicyclic) bond motifs is 1. The molecule has 2 fully saturated rings. The number of carbonyl (C=O) groups excluding carboxylic acids is 3. The maximum absolute atomic E-state index is 13.6. The molecule has 1 aromatic carbocycles. The Morgan fingerprint density at radius 1 is 1.21 bits per heavy atom. The van der Waals surface area contributed by atoms with Gasteiger partial charge in [-0.05, 0) is 84.9 Å². The molecule has 1 saturated heterocycles. The number of likely N-dealkylation sites (tertiary alicyclic amines) is 1. The number of nitrogens with zero attached hydrogens (tertiary/aromatic N) is 4. The summed E-state index contributed by atoms with van der Waals surface area (Å²) < 4.78 is 7.34. The molecule has 1 atom stereocenters. The Labute approximate surface area is 229 Å². The molecular weight excluding hydrogens is 496 g/mol. The van der Waals surface area contributed by atoms with Gasteiger partial charge in [-0.2, -0.15) is 5.10 Å². The third-order valence-corrected chi connectivity index (χ3v) is 7.80. The van der Waals surface area contributed by atoms with Crippen molar-refractivity contribution in [3.63, 3.8) is 0 Å². The summed E-state index contributed by atoms with van der Waals surface area (Å²) in [5, 5.41) is 8.21. The van der Waals surface area contributed by atoms with Gasteiger partial charge in [-0.15, -0.1) is 0 Å². The van der Waals surface area contributed by atoms with Crippen LogP contribution in [-0.2, 0) is 11.2 Å². The first kappa shape index (κ1) is 27.0. The van der Waals surface area contributed by atoms with Gasteiger partial charge in [0, 0.05) is 43.3 Å². The smallest absolute Gasteiger partial charge is 0.410 e. The van der Waals surface area contributed by atoms with Gasteiger partial charge in [0.2, 0.25) is 0 Å². The molecule has 5 rings (SSSR count). The first-order valence-corrected chi connectivity index (χ1v) is 13.8. The zero-order valence-corrected chi connectivity index (χ0v) is 23.8. The second-order valence-electron chi connectivity index (χ2n) is 12.8. The van der Waals surface area contributed by atoms with Crippen LogP contribution in [0, 0.1) is 12.8 Å². The van der Waals surface area contributed by atoms with Gasteiger partial charge in [0.25, 0.3) is 11.8 Å². The molecule has 0 radical (unpaired) electrons. The Kier molecular flexibility index (Phi) is 6.63. The SMILES string of the molecule is Cc1nn(-c2ccc(C(N)=O)c(NC3CCN(C(=O)OC(C)(C)C)C3)c2)c2c1C(=O)N(CC1CC1)C(C)(C)C2. The molecular formula is C29H40N6O4. The van der Waals surface area contributed by atoms with E-state index >= 15 is 0 Å². The summed E-state index contributed by atoms with van der Waals surface area (Å²) in [6.07, 6.45) is 3.40. The van der Waals surface area contributed by atoms with E-state index < -0.39 is 11.5 Å². The van der Waals surface area contributed by atoms with Gasteiger partial charge in [0.15, 0.2) is 0 Å². The highest BCUT2D eigenvalue weighted by atomic mass is 16.6. The summed E-state index contributed by atoms with van der Waals surface area (Å²) in [6.45, 7) is 13.4. The molecule has 1 unspecified atom stereocenters. The van der Waals surface area contributed by atoms with Gasteiger partial charge < -0.3 is 25.6 Å². The molecule has 1 aromatic heterocycles. The standard InChI is InChI=1S/C29H40N6O4/c1-17-24-23(14-29(5,6)34(26(24)37)15-18-7-8-18)35(32-17)20-9-10-21(25(30)36)22(13-20)31-19-11-12-33(16-19)27(38)39-28(2,3)4/h9-10,13,18-19,31H,7-8,11-12,14-16H2,1-6H3,(H2,30,36). The summed E-state index contributed by atoms with van der Waals surface area (Å²) in [6, 6.07) is 5.29. The lowest BCUT2D eigenvalue weighted by atomic mass is 9.87. The number of hydrogen-bond acceptors (Lipinski definition) is 6. The number of carbonyl (C=O) groups is 3. The number of benzene rings is 1. The fourth-order valence-electron chi connectivity index (χ4n) is 5.62. The van der Waals surface area contributed by atoms with Crippen molar-refractivity contribution in [2.24, 2.45) is 11.7 Å². The summed E-state index contributed by atoms with van der Waals surface area (Å²) in [5.41, 5.74) is 8.75. The molecule has 3 heterocycles. The first-order chi connectivity index (χ1) is 18.2. The van der Waals surface area contributed by atoms with Crippen molar-refractivity contribution in [1.82, 2.24) is 19.6 Å². The molecule has 10 heteroatoms. The summed E-state index contributed by atoms with van der Waals surface area (Å²) in [7, 11) is 0. The van der Waals surface area contributed by atoms with Crippen molar-refractivity contribution in [2.45, 2.75) is 84.4 Å². The van der Waals surface area contributed by atoms with Crippen LogP contribution in [0.15, 0.2) is 18.2 Å². The molecule has 2 aliphatic heterocycles. The predicted octanol–water partition coefficient (Wildman–Crippen LogP) is 3.89. The van der Waals surface area contributed by atoms with Crippen LogP contribution in [0.25, 0.3) is 5.69 Å². The van der Waals surface area contributed by atoms with Crippen LogP contribution in [0.5, 0.6) is 0 Å². The van der Waals surface area contributed by atoms with Crippen LogP contribution in [-0.4, -0.2) is 74.3 Å². The van der Waals surface area contributed by atoms with E-state index in [0.29, 0.717) is 54.4 Å². The number of hydrogen-bond donors (Lipinski definition) is 2. The number of primary amides is 1. The first-order valence-electron chi connectivity index (χ1n) is 13.8. The van der Waals surface area contributed by atoms with E-state index in [1.54, 1.807) is 11.0 Å². The summed E-state index contributed by atoms with van der Waals surface area (Å²) in [4.78, 5) is 42.1. The number of nitrogens with one attached hydrogen (secondary N) is 1. The molecule has 210 valence electrons. The minimum Gasteiger partial charge on any atom is -0.444 e. The second-order valence-corrected chi connectivity index (χ2v) is 12.8. The monoisotopic (exact) mass is 536 g/mol. The van der Waals surface area contributed by atoms with Crippen LogP contribution >= 0.6 is 0 Å². The lowest BCUT2D eigenvalue weighted by Gasteiger charge is -2.42. The minimum atomic E-state index is -0.567. The molecule has 1 aliphatic carbocycles. The molecule has 2 aromatic rings. The molecule has 3 N–H and O–H groups in total. The topological polar surface area (TPSA) is 123 Å². The average molecular weight is 537 g/mol. The number of aryl methyl sites for hydroxylation is 1. The van der Waals surface area contributed by atoms with Crippen LogP contribution < -0.4 is 11.1 Å². The summed E-state index contributed by atoms with van der Waals surface area (Å²) in [5.74, 6) is 0.0934. The number of rotatable bonds is 6. The van der Waals surface area contributed by atoms with Gasteiger partial charge in [-0.25, -0.2) is 9.48 Å². The van der Waals surface area contributed by atoms with E-state index in [4.69, 9.17) is 15.6 Å². The predicted molar refractivity (Wildman–Crippen MR) is 148 cm³/mol. The zero-order valence-electron chi connectivity index (χ0n) is 23.8. The van der Waals surface area contributed by atoms with Crippen LogP contribution in [0.1, 0.15) is 86.0 Å². The highest BCUT2D eigenvalue weighted by Crippen LogP contribution is 2.38. The summed E-state index contributed by atoms with van der Waals surface area (Å²) >= 11 is 0. The normalized spacial score (nSPS) is 20.7. The van der Waals surface area contributed by atoms with Crippen LogP contribution in [0.3, 0.4) is 0 Å². The van der Waals surface area contributed by atoms with E-state index in [1.165, 1.54) is 12.8 Å². The van der Waals surface area contributed by atoms with E-state index in [0.717, 1.165) is 17.9 Å². The number of aromatic nitrogens is 2.